The Hall–Kier alpha value is -3.65. The van der Waals surface area contributed by atoms with Crippen LogP contribution in [0.1, 0.15) is 16.2 Å². The van der Waals surface area contributed by atoms with E-state index < -0.39 is 0 Å². The van der Waals surface area contributed by atoms with Crippen LogP contribution in [0.2, 0.25) is 0 Å². The highest BCUT2D eigenvalue weighted by Gasteiger charge is 2.27. The summed E-state index contributed by atoms with van der Waals surface area (Å²) in [5.74, 6) is -0.454. The molecule has 4 aromatic rings. The number of ether oxygens (including phenoxy) is 1. The van der Waals surface area contributed by atoms with Gasteiger partial charge >= 0.3 is 0 Å². The number of carbonyl (C=O) groups excluding carboxylic acids is 2. The predicted octanol–water partition coefficient (Wildman–Crippen LogP) is 3.23. The highest BCUT2D eigenvalue weighted by atomic mass is 16.5. The Morgan fingerprint density at radius 3 is 2.47 bits per heavy atom. The number of carbonyl (C=O) groups is 2. The first-order chi connectivity index (χ1) is 14.7. The molecule has 1 fully saturated rings. The van der Waals surface area contributed by atoms with Crippen LogP contribution in [0.3, 0.4) is 0 Å². The number of fused-ring (bicyclic) bond motifs is 2. The first-order valence-electron chi connectivity index (χ1n) is 9.72. The minimum absolute atomic E-state index is 0.0156. The number of nitrogens with one attached hydrogen (secondary N) is 1. The number of morpholine rings is 1. The van der Waals surface area contributed by atoms with E-state index in [1.807, 2.05) is 36.4 Å². The molecule has 0 radical (unpaired) electrons. The molecule has 0 saturated carbocycles. The normalized spacial score (nSPS) is 14.3. The van der Waals surface area contributed by atoms with Crippen LogP contribution in [0.5, 0.6) is 0 Å². The molecular formula is C22H19N3O5. The van der Waals surface area contributed by atoms with E-state index in [1.54, 1.807) is 17.0 Å². The number of rotatable bonds is 4. The molecule has 8 heteroatoms. The summed E-state index contributed by atoms with van der Waals surface area (Å²) in [6, 6.07) is 14.6. The summed E-state index contributed by atoms with van der Waals surface area (Å²) >= 11 is 0. The summed E-state index contributed by atoms with van der Waals surface area (Å²) in [4.78, 5) is 27.6. The van der Waals surface area contributed by atoms with Crippen molar-refractivity contribution >= 4 is 39.4 Å². The van der Waals surface area contributed by atoms with Gasteiger partial charge in [-0.3, -0.25) is 9.59 Å². The van der Waals surface area contributed by atoms with Crippen LogP contribution in [0.15, 0.2) is 57.5 Å². The Balaban J connectivity index is 1.45. The summed E-state index contributed by atoms with van der Waals surface area (Å²) in [5, 5.41) is 8.33. The number of hydrogen-bond acceptors (Lipinski definition) is 6. The van der Waals surface area contributed by atoms with Gasteiger partial charge in [0.15, 0.2) is 5.58 Å². The molecule has 152 valence electrons. The predicted molar refractivity (Wildman–Crippen MR) is 109 cm³/mol. The maximum atomic E-state index is 13.1. The third-order valence-corrected chi connectivity index (χ3v) is 5.13. The number of para-hydroxylation sites is 2. The first-order valence-corrected chi connectivity index (χ1v) is 9.72. The largest absolute Gasteiger partial charge is 0.449 e. The lowest BCUT2D eigenvalue weighted by Gasteiger charge is -2.26. The van der Waals surface area contributed by atoms with E-state index in [-0.39, 0.29) is 24.0 Å². The molecule has 2 aromatic carbocycles. The van der Waals surface area contributed by atoms with E-state index in [9.17, 15) is 9.59 Å². The molecule has 5 rings (SSSR count). The zero-order chi connectivity index (χ0) is 20.5. The highest BCUT2D eigenvalue weighted by Crippen LogP contribution is 2.32. The van der Waals surface area contributed by atoms with Crippen LogP contribution in [0.4, 0.5) is 5.69 Å². The Bertz CT molecular complexity index is 1240. The first kappa shape index (κ1) is 18.4. The average Bonchev–Trinajstić information content (AvgIpc) is 3.36. The van der Waals surface area contributed by atoms with Gasteiger partial charge in [0, 0.05) is 23.9 Å². The molecule has 1 aliphatic rings. The molecule has 30 heavy (non-hydrogen) atoms. The topological polar surface area (TPSA) is 97.8 Å². The minimum Gasteiger partial charge on any atom is -0.449 e. The summed E-state index contributed by atoms with van der Waals surface area (Å²) < 4.78 is 16.4. The van der Waals surface area contributed by atoms with Crippen LogP contribution in [-0.4, -0.2) is 48.2 Å². The fourth-order valence-corrected chi connectivity index (χ4v) is 3.63. The van der Waals surface area contributed by atoms with E-state index in [0.717, 1.165) is 5.39 Å². The van der Waals surface area contributed by atoms with E-state index >= 15 is 0 Å². The molecular weight excluding hydrogens is 386 g/mol. The lowest BCUT2D eigenvalue weighted by Crippen LogP contribution is -2.40. The van der Waals surface area contributed by atoms with Crippen molar-refractivity contribution in [3.63, 3.8) is 0 Å². The molecule has 3 heterocycles. The standard InChI is InChI=1S/C22H19N3O5/c26-19(13-16-14-5-1-4-8-18(14)30-24-16)23-20-15-6-2-3-7-17(15)29-21(20)22(27)25-9-11-28-12-10-25/h1-8H,9-13H2,(H,23,26). The molecule has 2 aromatic heterocycles. The third kappa shape index (κ3) is 3.31. The molecule has 1 aliphatic heterocycles. The third-order valence-electron chi connectivity index (χ3n) is 5.13. The second-order valence-electron chi connectivity index (χ2n) is 7.06. The second kappa shape index (κ2) is 7.64. The average molecular weight is 405 g/mol. The molecule has 0 spiro atoms. The molecule has 8 nitrogen and oxygen atoms in total. The molecule has 0 unspecified atom stereocenters. The van der Waals surface area contributed by atoms with E-state index in [2.05, 4.69) is 10.5 Å². The van der Waals surface area contributed by atoms with Crippen molar-refractivity contribution in [3.05, 3.63) is 60.0 Å². The fourth-order valence-electron chi connectivity index (χ4n) is 3.63. The molecule has 0 atom stereocenters. The summed E-state index contributed by atoms with van der Waals surface area (Å²) in [6.45, 7) is 1.92. The zero-order valence-corrected chi connectivity index (χ0v) is 16.1. The Morgan fingerprint density at radius 1 is 0.967 bits per heavy atom. The summed E-state index contributed by atoms with van der Waals surface area (Å²) in [7, 11) is 0. The van der Waals surface area contributed by atoms with Gasteiger partial charge in [0.1, 0.15) is 17.0 Å². The Morgan fingerprint density at radius 2 is 1.67 bits per heavy atom. The smallest absolute Gasteiger partial charge is 0.291 e. The number of aromatic nitrogens is 1. The van der Waals surface area contributed by atoms with E-state index in [4.69, 9.17) is 13.7 Å². The number of benzene rings is 2. The van der Waals surface area contributed by atoms with Gasteiger partial charge in [0.05, 0.1) is 19.6 Å². The molecule has 1 N–H and O–H groups in total. The van der Waals surface area contributed by atoms with Crippen molar-refractivity contribution in [1.82, 2.24) is 10.1 Å². The van der Waals surface area contributed by atoms with Crippen LogP contribution in [0.25, 0.3) is 21.9 Å². The SMILES string of the molecule is O=C(Cc1noc2ccccc12)Nc1c(C(=O)N2CCOCC2)oc2ccccc12. The van der Waals surface area contributed by atoms with Crippen molar-refractivity contribution in [2.45, 2.75) is 6.42 Å². The molecule has 0 aliphatic carbocycles. The molecule has 0 bridgehead atoms. The van der Waals surface area contributed by atoms with Crippen molar-refractivity contribution in [2.75, 3.05) is 31.6 Å². The van der Waals surface area contributed by atoms with Gasteiger partial charge in [-0.05, 0) is 24.3 Å². The quantitative estimate of drug-likeness (QED) is 0.560. The fraction of sp³-hybridized carbons (Fsp3) is 0.227. The van der Waals surface area contributed by atoms with Crippen LogP contribution >= 0.6 is 0 Å². The van der Waals surface area contributed by atoms with E-state index in [1.165, 1.54) is 0 Å². The van der Waals surface area contributed by atoms with Crippen molar-refractivity contribution in [2.24, 2.45) is 0 Å². The van der Waals surface area contributed by atoms with Crippen molar-refractivity contribution < 1.29 is 23.3 Å². The summed E-state index contributed by atoms with van der Waals surface area (Å²) in [6.07, 6.45) is 0.0156. The number of hydrogen-bond donors (Lipinski definition) is 1. The van der Waals surface area contributed by atoms with Crippen molar-refractivity contribution in [3.8, 4) is 0 Å². The molecule has 2 amide bonds. The number of nitrogens with zero attached hydrogens (tertiary/aromatic N) is 2. The Kier molecular flexibility index (Phi) is 4.68. The molecule has 1 saturated heterocycles. The van der Waals surface area contributed by atoms with Gasteiger partial charge in [-0.2, -0.15) is 0 Å². The lowest BCUT2D eigenvalue weighted by atomic mass is 10.1. The summed E-state index contributed by atoms with van der Waals surface area (Å²) in [5.41, 5.74) is 2.07. The van der Waals surface area contributed by atoms with Gasteiger partial charge in [0.25, 0.3) is 5.91 Å². The number of amides is 2. The van der Waals surface area contributed by atoms with Gasteiger partial charge < -0.3 is 23.9 Å². The van der Waals surface area contributed by atoms with Gasteiger partial charge in [0.2, 0.25) is 11.7 Å². The van der Waals surface area contributed by atoms with Gasteiger partial charge in [-0.25, -0.2) is 0 Å². The van der Waals surface area contributed by atoms with Crippen LogP contribution < -0.4 is 5.32 Å². The maximum absolute atomic E-state index is 13.1. The second-order valence-corrected chi connectivity index (χ2v) is 7.06. The van der Waals surface area contributed by atoms with Crippen molar-refractivity contribution in [1.29, 1.82) is 0 Å². The Labute approximate surface area is 171 Å². The highest BCUT2D eigenvalue weighted by molar-refractivity contribution is 6.11. The van der Waals surface area contributed by atoms with Gasteiger partial charge in [-0.15, -0.1) is 0 Å². The van der Waals surface area contributed by atoms with Crippen LogP contribution in [0, 0.1) is 0 Å². The number of furan rings is 1. The lowest BCUT2D eigenvalue weighted by molar-refractivity contribution is -0.115. The van der Waals surface area contributed by atoms with Crippen LogP contribution in [-0.2, 0) is 16.0 Å². The number of anilines is 1. The minimum atomic E-state index is -0.309. The zero-order valence-electron chi connectivity index (χ0n) is 16.1. The monoisotopic (exact) mass is 405 g/mol. The van der Waals surface area contributed by atoms with E-state index in [0.29, 0.717) is 54.2 Å². The van der Waals surface area contributed by atoms with Gasteiger partial charge in [-0.1, -0.05) is 29.4 Å². The maximum Gasteiger partial charge on any atom is 0.291 e.